The largest absolute Gasteiger partial charge is 0.322 e. The molecular formula is C16H18N2O5S2. The fraction of sp³-hybridized carbons (Fsp3) is 0.188. The van der Waals surface area contributed by atoms with Crippen molar-refractivity contribution in [1.82, 2.24) is 0 Å². The molecule has 7 nitrogen and oxygen atoms in total. The quantitative estimate of drug-likeness (QED) is 0.788. The van der Waals surface area contributed by atoms with E-state index in [0.29, 0.717) is 12.1 Å². The molecule has 0 unspecified atom stereocenters. The third-order valence-electron chi connectivity index (χ3n) is 3.38. The number of hydrogen-bond donors (Lipinski definition) is 2. The van der Waals surface area contributed by atoms with Crippen molar-refractivity contribution in [2.45, 2.75) is 23.1 Å². The normalized spacial score (nSPS) is 11.9. The van der Waals surface area contributed by atoms with E-state index in [1.54, 1.807) is 19.1 Å². The number of rotatable bonds is 6. The lowest BCUT2D eigenvalue weighted by Gasteiger charge is -2.11. The number of anilines is 1. The fourth-order valence-corrected chi connectivity index (χ4v) is 4.29. The van der Waals surface area contributed by atoms with Crippen LogP contribution in [0.4, 0.5) is 5.69 Å². The first-order valence-corrected chi connectivity index (χ1v) is 10.6. The first-order valence-electron chi connectivity index (χ1n) is 7.41. The minimum Gasteiger partial charge on any atom is -0.322 e. The van der Waals surface area contributed by atoms with E-state index < -0.39 is 25.8 Å². The third-order valence-corrected chi connectivity index (χ3v) is 6.28. The fourth-order valence-electron chi connectivity index (χ4n) is 2.23. The number of sulfonamides is 1. The smallest absolute Gasteiger partial charge is 0.256 e. The summed E-state index contributed by atoms with van der Waals surface area (Å²) < 4.78 is 47.1. The number of primary sulfonamides is 1. The molecule has 0 saturated carbocycles. The molecule has 0 fully saturated rings. The van der Waals surface area contributed by atoms with E-state index in [-0.39, 0.29) is 21.1 Å². The van der Waals surface area contributed by atoms with Crippen molar-refractivity contribution in [1.29, 1.82) is 0 Å². The number of carbonyl (C=O) groups excluding carboxylic acids is 1. The minimum atomic E-state index is -3.82. The molecule has 0 saturated heterocycles. The predicted octanol–water partition coefficient (Wildman–Crippen LogP) is 1.77. The Hall–Kier alpha value is -2.23. The van der Waals surface area contributed by atoms with E-state index in [1.165, 1.54) is 36.4 Å². The molecule has 0 aliphatic carbocycles. The summed E-state index contributed by atoms with van der Waals surface area (Å²) >= 11 is 0. The lowest BCUT2D eigenvalue weighted by molar-refractivity contribution is 0.102. The van der Waals surface area contributed by atoms with Crippen LogP contribution in [-0.2, 0) is 19.9 Å². The highest BCUT2D eigenvalue weighted by molar-refractivity contribution is 7.91. The number of amides is 1. The van der Waals surface area contributed by atoms with E-state index in [2.05, 4.69) is 5.32 Å². The number of sulfone groups is 1. The van der Waals surface area contributed by atoms with Crippen LogP contribution < -0.4 is 10.5 Å². The van der Waals surface area contributed by atoms with Gasteiger partial charge >= 0.3 is 0 Å². The van der Waals surface area contributed by atoms with Crippen molar-refractivity contribution < 1.29 is 21.6 Å². The molecule has 0 atom stereocenters. The van der Waals surface area contributed by atoms with E-state index in [0.717, 1.165) is 0 Å². The highest BCUT2D eigenvalue weighted by atomic mass is 32.2. The molecule has 0 spiro atoms. The molecule has 0 radical (unpaired) electrons. The van der Waals surface area contributed by atoms with E-state index >= 15 is 0 Å². The van der Waals surface area contributed by atoms with Crippen LogP contribution in [0.25, 0.3) is 0 Å². The van der Waals surface area contributed by atoms with E-state index in [9.17, 15) is 21.6 Å². The van der Waals surface area contributed by atoms with Gasteiger partial charge in [-0.3, -0.25) is 4.79 Å². The molecule has 0 bridgehead atoms. The Labute approximate surface area is 146 Å². The van der Waals surface area contributed by atoms with Gasteiger partial charge in [-0.1, -0.05) is 19.1 Å². The Kier molecular flexibility index (Phi) is 5.61. The summed E-state index contributed by atoms with van der Waals surface area (Å²) in [5.41, 5.74) is 0.353. The Morgan fingerprint density at radius 2 is 1.60 bits per heavy atom. The first-order chi connectivity index (χ1) is 11.6. The van der Waals surface area contributed by atoms with Crippen LogP contribution in [-0.4, -0.2) is 28.5 Å². The van der Waals surface area contributed by atoms with Crippen LogP contribution in [0.3, 0.4) is 0 Å². The van der Waals surface area contributed by atoms with Gasteiger partial charge in [0.25, 0.3) is 5.91 Å². The van der Waals surface area contributed by atoms with Gasteiger partial charge < -0.3 is 5.32 Å². The van der Waals surface area contributed by atoms with E-state index in [1.807, 2.05) is 0 Å². The monoisotopic (exact) mass is 382 g/mol. The Balaban J connectivity index is 2.31. The lowest BCUT2D eigenvalue weighted by Crippen LogP contribution is -2.18. The van der Waals surface area contributed by atoms with Crippen LogP contribution in [0.5, 0.6) is 0 Å². The van der Waals surface area contributed by atoms with Crippen LogP contribution >= 0.6 is 0 Å². The lowest BCUT2D eigenvalue weighted by atomic mass is 10.2. The van der Waals surface area contributed by atoms with Crippen LogP contribution in [0.15, 0.2) is 58.3 Å². The summed E-state index contributed by atoms with van der Waals surface area (Å²) in [6.07, 6.45) is 0.438. The highest BCUT2D eigenvalue weighted by Crippen LogP contribution is 2.20. The molecule has 0 aliphatic heterocycles. The first kappa shape index (κ1) is 19.1. The van der Waals surface area contributed by atoms with Gasteiger partial charge in [0, 0.05) is 5.69 Å². The zero-order valence-corrected chi connectivity index (χ0v) is 15.1. The third kappa shape index (κ3) is 4.65. The average molecular weight is 382 g/mol. The molecule has 2 rings (SSSR count). The topological polar surface area (TPSA) is 123 Å². The number of benzene rings is 2. The van der Waals surface area contributed by atoms with Crippen molar-refractivity contribution in [3.8, 4) is 0 Å². The molecule has 0 heterocycles. The van der Waals surface area contributed by atoms with Gasteiger partial charge in [-0.05, 0) is 42.8 Å². The van der Waals surface area contributed by atoms with Crippen LogP contribution in [0, 0.1) is 0 Å². The number of hydrogen-bond acceptors (Lipinski definition) is 5. The summed E-state index contributed by atoms with van der Waals surface area (Å²) in [6, 6.07) is 11.2. The Morgan fingerprint density at radius 3 is 2.16 bits per heavy atom. The second-order valence-corrected chi connectivity index (χ2v) is 8.98. The molecule has 9 heteroatoms. The average Bonchev–Trinajstić information content (AvgIpc) is 2.54. The second kappa shape index (κ2) is 7.34. The van der Waals surface area contributed by atoms with Gasteiger partial charge in [-0.25, -0.2) is 22.0 Å². The summed E-state index contributed by atoms with van der Waals surface area (Å²) in [7, 11) is -7.39. The van der Waals surface area contributed by atoms with Gasteiger partial charge in [-0.15, -0.1) is 0 Å². The van der Waals surface area contributed by atoms with Gasteiger partial charge in [-0.2, -0.15) is 0 Å². The molecule has 134 valence electrons. The summed E-state index contributed by atoms with van der Waals surface area (Å²) in [5.74, 6) is -0.654. The Morgan fingerprint density at radius 1 is 1.00 bits per heavy atom. The summed E-state index contributed by atoms with van der Waals surface area (Å²) in [5, 5.41) is 7.57. The maximum absolute atomic E-state index is 12.4. The zero-order valence-electron chi connectivity index (χ0n) is 13.5. The molecule has 25 heavy (non-hydrogen) atoms. The molecule has 0 aliphatic rings. The maximum atomic E-state index is 12.4. The molecular weight excluding hydrogens is 364 g/mol. The molecule has 1 amide bonds. The standard InChI is InChI=1S/C16H18N2O5S2/c1-2-11-24(20,21)15-6-4-3-5-14(15)16(19)18-12-7-9-13(10-8-12)25(17,22)23/h3-10H,2,11H2,1H3,(H,18,19)(H2,17,22,23). The minimum absolute atomic E-state index is 0.0319. The van der Waals surface area contributed by atoms with Gasteiger partial charge in [0.05, 0.1) is 21.1 Å². The second-order valence-electron chi connectivity index (χ2n) is 5.34. The molecule has 2 aromatic rings. The summed E-state index contributed by atoms with van der Waals surface area (Å²) in [4.78, 5) is 12.3. The SMILES string of the molecule is CCCS(=O)(=O)c1ccccc1C(=O)Nc1ccc(S(N)(=O)=O)cc1. The molecule has 2 aromatic carbocycles. The number of carbonyl (C=O) groups is 1. The Bertz CT molecular complexity index is 981. The van der Waals surface area contributed by atoms with Gasteiger partial charge in [0.2, 0.25) is 10.0 Å². The van der Waals surface area contributed by atoms with Gasteiger partial charge in [0.1, 0.15) is 0 Å². The van der Waals surface area contributed by atoms with Gasteiger partial charge in [0.15, 0.2) is 9.84 Å². The highest BCUT2D eigenvalue weighted by Gasteiger charge is 2.21. The van der Waals surface area contributed by atoms with Crippen LogP contribution in [0.2, 0.25) is 0 Å². The van der Waals surface area contributed by atoms with Crippen molar-refractivity contribution in [2.75, 3.05) is 11.1 Å². The molecule has 0 aromatic heterocycles. The number of nitrogens with two attached hydrogens (primary N) is 1. The zero-order chi connectivity index (χ0) is 18.7. The van der Waals surface area contributed by atoms with Crippen molar-refractivity contribution >= 4 is 31.5 Å². The van der Waals surface area contributed by atoms with Crippen molar-refractivity contribution in [2.24, 2.45) is 5.14 Å². The van der Waals surface area contributed by atoms with Crippen molar-refractivity contribution in [3.63, 3.8) is 0 Å². The molecule has 3 N–H and O–H groups in total. The maximum Gasteiger partial charge on any atom is 0.256 e. The van der Waals surface area contributed by atoms with Crippen LogP contribution in [0.1, 0.15) is 23.7 Å². The number of nitrogens with one attached hydrogen (secondary N) is 1. The summed E-state index contributed by atoms with van der Waals surface area (Å²) in [6.45, 7) is 1.74. The van der Waals surface area contributed by atoms with Crippen molar-refractivity contribution in [3.05, 3.63) is 54.1 Å². The van der Waals surface area contributed by atoms with E-state index in [4.69, 9.17) is 5.14 Å². The predicted molar refractivity (Wildman–Crippen MR) is 94.6 cm³/mol.